The van der Waals surface area contributed by atoms with Gasteiger partial charge in [-0.25, -0.2) is 9.79 Å². The lowest BCUT2D eigenvalue weighted by molar-refractivity contribution is -0.139. The molecule has 0 saturated heterocycles. The summed E-state index contributed by atoms with van der Waals surface area (Å²) in [6, 6.07) is 7.75. The van der Waals surface area contributed by atoms with Crippen LogP contribution in [0.3, 0.4) is 0 Å². The number of hydrogen-bond donors (Lipinski definition) is 0. The molecule has 0 radical (unpaired) electrons. The average Bonchev–Trinajstić information content (AvgIpc) is 3.26. The van der Waals surface area contributed by atoms with E-state index in [-0.39, 0.29) is 22.8 Å². The minimum atomic E-state index is -0.827. The number of fused-ring (bicyclic) bond motifs is 1. The predicted octanol–water partition coefficient (Wildman–Crippen LogP) is 4.46. The number of esters is 1. The molecule has 160 valence electrons. The molecule has 31 heavy (non-hydrogen) atoms. The zero-order chi connectivity index (χ0) is 22.3. The van der Waals surface area contributed by atoms with E-state index < -0.39 is 12.0 Å². The maximum atomic E-state index is 13.4. The van der Waals surface area contributed by atoms with Crippen molar-refractivity contribution in [3.8, 4) is 0 Å². The van der Waals surface area contributed by atoms with Gasteiger partial charge in [-0.1, -0.05) is 46.7 Å². The van der Waals surface area contributed by atoms with Crippen molar-refractivity contribution in [1.29, 1.82) is 0 Å². The monoisotopic (exact) mass is 540 g/mol. The Morgan fingerprint density at radius 2 is 2.13 bits per heavy atom. The molecule has 0 bridgehead atoms. The highest BCUT2D eigenvalue weighted by Crippen LogP contribution is 2.37. The highest BCUT2D eigenvalue weighted by atomic mass is 79.9. The van der Waals surface area contributed by atoms with E-state index in [1.54, 1.807) is 50.3 Å². The van der Waals surface area contributed by atoms with Crippen LogP contribution in [0.25, 0.3) is 6.08 Å². The van der Waals surface area contributed by atoms with Crippen LogP contribution in [0.5, 0.6) is 0 Å². The third-order valence-corrected chi connectivity index (χ3v) is 6.90. The number of furan rings is 1. The number of rotatable bonds is 4. The van der Waals surface area contributed by atoms with Crippen molar-refractivity contribution in [2.75, 3.05) is 6.61 Å². The molecular weight excluding hydrogens is 527 g/mol. The molecule has 6 nitrogen and oxygen atoms in total. The molecule has 0 fully saturated rings. The molecule has 4 rings (SSSR count). The van der Waals surface area contributed by atoms with Crippen molar-refractivity contribution in [3.05, 3.63) is 87.3 Å². The predicted molar refractivity (Wildman–Crippen MR) is 123 cm³/mol. The Kier molecular flexibility index (Phi) is 6.25. The molecule has 0 unspecified atom stereocenters. The van der Waals surface area contributed by atoms with E-state index in [1.165, 1.54) is 15.9 Å². The minimum absolute atomic E-state index is 0.184. The number of aromatic nitrogens is 1. The van der Waals surface area contributed by atoms with E-state index >= 15 is 0 Å². The summed E-state index contributed by atoms with van der Waals surface area (Å²) in [6.07, 6.45) is 1.63. The number of thiazole rings is 1. The van der Waals surface area contributed by atoms with Gasteiger partial charge in [0.2, 0.25) is 0 Å². The highest BCUT2D eigenvalue weighted by Gasteiger charge is 2.34. The molecule has 3 heterocycles. The molecular formula is C21H15BrCl2N2O4S. The minimum Gasteiger partial charge on any atom is -0.463 e. The molecule has 1 aliphatic heterocycles. The molecule has 1 atom stereocenters. The second-order valence-electron chi connectivity index (χ2n) is 6.59. The Morgan fingerprint density at radius 1 is 1.35 bits per heavy atom. The third kappa shape index (κ3) is 4.05. The number of halogens is 3. The number of carbonyl (C=O) groups excluding carboxylic acids is 1. The lowest BCUT2D eigenvalue weighted by atomic mass is 9.96. The molecule has 10 heteroatoms. The smallest absolute Gasteiger partial charge is 0.338 e. The van der Waals surface area contributed by atoms with E-state index in [2.05, 4.69) is 20.9 Å². The molecule has 1 aromatic carbocycles. The van der Waals surface area contributed by atoms with Crippen LogP contribution in [0.15, 0.2) is 60.5 Å². The van der Waals surface area contributed by atoms with Gasteiger partial charge in [-0.3, -0.25) is 9.36 Å². The number of nitrogens with zero attached hydrogens (tertiary/aromatic N) is 2. The van der Waals surface area contributed by atoms with Gasteiger partial charge < -0.3 is 9.15 Å². The number of carbonyl (C=O) groups is 1. The van der Waals surface area contributed by atoms with E-state index in [0.717, 1.165) is 0 Å². The van der Waals surface area contributed by atoms with Crippen LogP contribution in [0, 0.1) is 0 Å². The second kappa shape index (κ2) is 8.78. The molecule has 0 saturated carbocycles. The van der Waals surface area contributed by atoms with Crippen molar-refractivity contribution < 1.29 is 13.9 Å². The second-order valence-corrected chi connectivity index (χ2v) is 9.16. The standard InChI is InChI=1S/C21H15BrCl2N2O4S/c1-3-29-20(28)16-10(2)25-21-26(18(16)12-5-4-6-13(23)17(12)24)19(27)14(31-21)9-11-7-8-15(22)30-11/h4-9,18H,3H2,1-2H3/b14-9-/t18-/m0/s1. The Labute approximate surface area is 199 Å². The third-order valence-electron chi connectivity index (χ3n) is 4.66. The van der Waals surface area contributed by atoms with Gasteiger partial charge in [-0.05, 0) is 48.0 Å². The van der Waals surface area contributed by atoms with Gasteiger partial charge in [-0.15, -0.1) is 0 Å². The van der Waals surface area contributed by atoms with Crippen LogP contribution in [-0.4, -0.2) is 17.1 Å². The largest absolute Gasteiger partial charge is 0.463 e. The fraction of sp³-hybridized carbons (Fsp3) is 0.190. The van der Waals surface area contributed by atoms with Gasteiger partial charge in [0.05, 0.1) is 32.5 Å². The normalized spacial score (nSPS) is 16.3. The number of hydrogen-bond acceptors (Lipinski definition) is 6. The summed E-state index contributed by atoms with van der Waals surface area (Å²) in [5, 5.41) is 0.579. The Balaban J connectivity index is 2.01. The summed E-state index contributed by atoms with van der Waals surface area (Å²) in [5.41, 5.74) is 0.880. The average molecular weight is 542 g/mol. The molecule has 0 aliphatic carbocycles. The summed E-state index contributed by atoms with van der Waals surface area (Å²) in [6.45, 7) is 3.60. The number of benzene rings is 1. The van der Waals surface area contributed by atoms with Gasteiger partial charge >= 0.3 is 5.97 Å². The first-order chi connectivity index (χ1) is 14.8. The summed E-state index contributed by atoms with van der Waals surface area (Å²) in [7, 11) is 0. The van der Waals surface area contributed by atoms with Gasteiger partial charge in [-0.2, -0.15) is 0 Å². The first kappa shape index (κ1) is 22.1. The molecule has 2 aromatic heterocycles. The van der Waals surface area contributed by atoms with Gasteiger partial charge in [0.15, 0.2) is 9.47 Å². The van der Waals surface area contributed by atoms with Gasteiger partial charge in [0, 0.05) is 11.6 Å². The molecule has 0 spiro atoms. The lowest BCUT2D eigenvalue weighted by Crippen LogP contribution is -2.40. The zero-order valence-corrected chi connectivity index (χ0v) is 20.2. The van der Waals surface area contributed by atoms with Crippen LogP contribution < -0.4 is 14.9 Å². The lowest BCUT2D eigenvalue weighted by Gasteiger charge is -2.25. The van der Waals surface area contributed by atoms with Gasteiger partial charge in [0.25, 0.3) is 5.56 Å². The van der Waals surface area contributed by atoms with Crippen molar-refractivity contribution in [2.45, 2.75) is 19.9 Å². The van der Waals surface area contributed by atoms with E-state index in [9.17, 15) is 9.59 Å². The van der Waals surface area contributed by atoms with E-state index in [1.807, 2.05) is 0 Å². The van der Waals surface area contributed by atoms with E-state index in [0.29, 0.717) is 36.0 Å². The Bertz CT molecular complexity index is 1400. The zero-order valence-electron chi connectivity index (χ0n) is 16.3. The summed E-state index contributed by atoms with van der Waals surface area (Å²) in [5.74, 6) is -0.0511. The molecule has 3 aromatic rings. The number of ether oxygens (including phenoxy) is 1. The summed E-state index contributed by atoms with van der Waals surface area (Å²) < 4.78 is 13.2. The molecule has 1 aliphatic rings. The van der Waals surface area contributed by atoms with Crippen molar-refractivity contribution in [1.82, 2.24) is 4.57 Å². The van der Waals surface area contributed by atoms with Gasteiger partial charge in [0.1, 0.15) is 11.8 Å². The first-order valence-corrected chi connectivity index (χ1v) is 11.6. The Hall–Kier alpha value is -2.13. The quantitative estimate of drug-likeness (QED) is 0.457. The maximum absolute atomic E-state index is 13.4. The topological polar surface area (TPSA) is 73.8 Å². The summed E-state index contributed by atoms with van der Waals surface area (Å²) >= 11 is 17.2. The van der Waals surface area contributed by atoms with Crippen molar-refractivity contribution in [2.24, 2.45) is 4.99 Å². The van der Waals surface area contributed by atoms with Crippen LogP contribution in [0.1, 0.15) is 31.2 Å². The van der Waals surface area contributed by atoms with Crippen molar-refractivity contribution in [3.63, 3.8) is 0 Å². The molecule has 0 N–H and O–H groups in total. The summed E-state index contributed by atoms with van der Waals surface area (Å²) in [4.78, 5) is 31.2. The van der Waals surface area contributed by atoms with Crippen LogP contribution in [-0.2, 0) is 9.53 Å². The maximum Gasteiger partial charge on any atom is 0.338 e. The number of allylic oxidation sites excluding steroid dienone is 1. The SMILES string of the molecule is CCOC(=O)C1=C(C)N=c2s/c(=C\c3ccc(Br)o3)c(=O)n2[C@H]1c1cccc(Cl)c1Cl. The fourth-order valence-corrected chi connectivity index (χ4v) is 5.11. The van der Waals surface area contributed by atoms with Crippen LogP contribution >= 0.6 is 50.5 Å². The van der Waals surface area contributed by atoms with E-state index in [4.69, 9.17) is 32.4 Å². The van der Waals surface area contributed by atoms with Crippen LogP contribution in [0.4, 0.5) is 0 Å². The van der Waals surface area contributed by atoms with Crippen molar-refractivity contribution >= 4 is 62.5 Å². The van der Waals surface area contributed by atoms with Crippen LogP contribution in [0.2, 0.25) is 10.0 Å². The Morgan fingerprint density at radius 3 is 2.81 bits per heavy atom. The fourth-order valence-electron chi connectivity index (χ4n) is 3.35. The first-order valence-electron chi connectivity index (χ1n) is 9.20. The highest BCUT2D eigenvalue weighted by molar-refractivity contribution is 9.10. The molecule has 0 amide bonds.